The number of methoxy groups -OCH3 is 2. The number of rotatable bonds is 3. The number of ether oxygens (including phenoxy) is 3. The van der Waals surface area contributed by atoms with E-state index in [0.29, 0.717) is 12.0 Å². The largest absolute Gasteiger partial charge is 0.493 e. The molecule has 1 saturated heterocycles. The molecule has 122 valence electrons. The molecule has 1 aliphatic heterocycles. The fourth-order valence-electron chi connectivity index (χ4n) is 2.92. The highest BCUT2D eigenvalue weighted by Gasteiger charge is 2.42. The average Bonchev–Trinajstić information content (AvgIpc) is 2.48. The Kier molecular flexibility index (Phi) is 4.70. The van der Waals surface area contributed by atoms with Crippen molar-refractivity contribution < 1.29 is 27.8 Å². The number of esters is 1. The summed E-state index contributed by atoms with van der Waals surface area (Å²) in [4.78, 5) is 12.0. The SMILES string of the molecule is COC(=O)C1COC(C)(C)CC1c1ccc(F)c(F)c1OC. The Bertz CT molecular complexity index is 572. The van der Waals surface area contributed by atoms with E-state index in [-0.39, 0.29) is 18.3 Å². The van der Waals surface area contributed by atoms with E-state index >= 15 is 0 Å². The average molecular weight is 314 g/mol. The lowest BCUT2D eigenvalue weighted by Gasteiger charge is -2.40. The maximum atomic E-state index is 14.0. The minimum atomic E-state index is -1.05. The minimum absolute atomic E-state index is 0.159. The molecular formula is C16H20F2O4. The summed E-state index contributed by atoms with van der Waals surface area (Å²) < 4.78 is 42.9. The molecule has 2 unspecified atom stereocenters. The maximum Gasteiger partial charge on any atom is 0.311 e. The molecule has 0 aromatic heterocycles. The van der Waals surface area contributed by atoms with Gasteiger partial charge in [-0.05, 0) is 26.3 Å². The van der Waals surface area contributed by atoms with E-state index in [1.165, 1.54) is 20.3 Å². The molecule has 0 bridgehead atoms. The van der Waals surface area contributed by atoms with Gasteiger partial charge in [-0.3, -0.25) is 4.79 Å². The van der Waals surface area contributed by atoms with Gasteiger partial charge < -0.3 is 14.2 Å². The van der Waals surface area contributed by atoms with E-state index in [1.807, 2.05) is 13.8 Å². The smallest absolute Gasteiger partial charge is 0.311 e. The highest BCUT2D eigenvalue weighted by molar-refractivity contribution is 5.74. The van der Waals surface area contributed by atoms with Crippen LogP contribution in [-0.2, 0) is 14.3 Å². The quantitative estimate of drug-likeness (QED) is 0.805. The van der Waals surface area contributed by atoms with Crippen molar-refractivity contribution in [2.24, 2.45) is 5.92 Å². The Balaban J connectivity index is 2.49. The summed E-state index contributed by atoms with van der Waals surface area (Å²) >= 11 is 0. The highest BCUT2D eigenvalue weighted by atomic mass is 19.2. The number of halogens is 2. The summed E-state index contributed by atoms with van der Waals surface area (Å²) in [6.45, 7) is 3.94. The van der Waals surface area contributed by atoms with Gasteiger partial charge in [0, 0.05) is 11.5 Å². The van der Waals surface area contributed by atoms with Gasteiger partial charge in [-0.2, -0.15) is 4.39 Å². The van der Waals surface area contributed by atoms with Crippen LogP contribution in [0.15, 0.2) is 12.1 Å². The van der Waals surface area contributed by atoms with Crippen LogP contribution in [0.1, 0.15) is 31.7 Å². The number of carbonyl (C=O) groups excluding carboxylic acids is 1. The number of carbonyl (C=O) groups is 1. The van der Waals surface area contributed by atoms with Gasteiger partial charge in [-0.1, -0.05) is 6.07 Å². The zero-order chi connectivity index (χ0) is 16.5. The summed E-state index contributed by atoms with van der Waals surface area (Å²) in [7, 11) is 2.57. The van der Waals surface area contributed by atoms with Crippen LogP contribution in [0.25, 0.3) is 0 Å². The van der Waals surface area contributed by atoms with Crippen molar-refractivity contribution in [3.8, 4) is 5.75 Å². The van der Waals surface area contributed by atoms with Crippen molar-refractivity contribution in [2.75, 3.05) is 20.8 Å². The summed E-state index contributed by atoms with van der Waals surface area (Å²) in [5, 5.41) is 0. The zero-order valence-electron chi connectivity index (χ0n) is 13.1. The zero-order valence-corrected chi connectivity index (χ0v) is 13.1. The molecule has 0 N–H and O–H groups in total. The molecule has 22 heavy (non-hydrogen) atoms. The number of benzene rings is 1. The summed E-state index contributed by atoms with van der Waals surface area (Å²) in [6.07, 6.45) is 0.466. The molecule has 6 heteroatoms. The van der Waals surface area contributed by atoms with Crippen LogP contribution in [0, 0.1) is 17.6 Å². The van der Waals surface area contributed by atoms with Gasteiger partial charge in [0.15, 0.2) is 11.6 Å². The van der Waals surface area contributed by atoms with E-state index in [9.17, 15) is 13.6 Å². The number of hydrogen-bond donors (Lipinski definition) is 0. The van der Waals surface area contributed by atoms with Crippen molar-refractivity contribution in [2.45, 2.75) is 31.8 Å². The first-order valence-corrected chi connectivity index (χ1v) is 7.04. The third-order valence-corrected chi connectivity index (χ3v) is 4.04. The molecule has 1 aromatic rings. The van der Waals surface area contributed by atoms with Gasteiger partial charge >= 0.3 is 5.97 Å². The van der Waals surface area contributed by atoms with Crippen LogP contribution >= 0.6 is 0 Å². The molecule has 1 fully saturated rings. The molecule has 2 atom stereocenters. The van der Waals surface area contributed by atoms with Crippen molar-refractivity contribution in [1.29, 1.82) is 0 Å². The monoisotopic (exact) mass is 314 g/mol. The van der Waals surface area contributed by atoms with Gasteiger partial charge in [0.05, 0.1) is 32.3 Å². The third kappa shape index (κ3) is 3.06. The molecule has 1 aliphatic rings. The lowest BCUT2D eigenvalue weighted by atomic mass is 9.76. The van der Waals surface area contributed by atoms with E-state index in [4.69, 9.17) is 14.2 Å². The van der Waals surface area contributed by atoms with Gasteiger partial charge in [0.25, 0.3) is 0 Å². The predicted octanol–water partition coefficient (Wildman–Crippen LogP) is 3.05. The Morgan fingerprint density at radius 1 is 1.32 bits per heavy atom. The van der Waals surface area contributed by atoms with Gasteiger partial charge in [-0.15, -0.1) is 0 Å². The molecule has 1 heterocycles. The van der Waals surface area contributed by atoms with E-state index in [1.54, 1.807) is 0 Å². The summed E-state index contributed by atoms with van der Waals surface area (Å²) in [6, 6.07) is 2.50. The molecule has 0 saturated carbocycles. The molecule has 1 aromatic carbocycles. The Morgan fingerprint density at radius 3 is 2.59 bits per heavy atom. The normalized spacial score (nSPS) is 23.9. The fraction of sp³-hybridized carbons (Fsp3) is 0.562. The van der Waals surface area contributed by atoms with Crippen molar-refractivity contribution in [3.63, 3.8) is 0 Å². The van der Waals surface area contributed by atoms with Crippen molar-refractivity contribution in [3.05, 3.63) is 29.3 Å². The van der Waals surface area contributed by atoms with E-state index < -0.39 is 29.1 Å². The second-order valence-electron chi connectivity index (χ2n) is 5.99. The van der Waals surface area contributed by atoms with Crippen LogP contribution in [0.4, 0.5) is 8.78 Å². The second kappa shape index (κ2) is 6.20. The summed E-state index contributed by atoms with van der Waals surface area (Å²) in [5.74, 6) is -3.60. The Morgan fingerprint density at radius 2 is 2.00 bits per heavy atom. The van der Waals surface area contributed by atoms with Crippen molar-refractivity contribution in [1.82, 2.24) is 0 Å². The first-order chi connectivity index (χ1) is 10.3. The third-order valence-electron chi connectivity index (χ3n) is 4.04. The lowest BCUT2D eigenvalue weighted by molar-refractivity contribution is -0.158. The summed E-state index contributed by atoms with van der Waals surface area (Å²) in [5.41, 5.74) is -0.0291. The predicted molar refractivity (Wildman–Crippen MR) is 75.8 cm³/mol. The Labute approximate surface area is 128 Å². The van der Waals surface area contributed by atoms with Gasteiger partial charge in [-0.25, -0.2) is 4.39 Å². The molecule has 0 radical (unpaired) electrons. The molecule has 0 amide bonds. The van der Waals surface area contributed by atoms with Crippen LogP contribution < -0.4 is 4.74 Å². The van der Waals surface area contributed by atoms with Crippen LogP contribution in [-0.4, -0.2) is 32.4 Å². The van der Waals surface area contributed by atoms with Crippen LogP contribution in [0.5, 0.6) is 5.75 Å². The minimum Gasteiger partial charge on any atom is -0.493 e. The van der Waals surface area contributed by atoms with Crippen LogP contribution in [0.3, 0.4) is 0 Å². The molecule has 2 rings (SSSR count). The maximum absolute atomic E-state index is 14.0. The fourth-order valence-corrected chi connectivity index (χ4v) is 2.92. The van der Waals surface area contributed by atoms with E-state index in [0.717, 1.165) is 6.07 Å². The topological polar surface area (TPSA) is 44.8 Å². The first kappa shape index (κ1) is 16.7. The van der Waals surface area contributed by atoms with Crippen LogP contribution in [0.2, 0.25) is 0 Å². The molecule has 0 aliphatic carbocycles. The second-order valence-corrected chi connectivity index (χ2v) is 5.99. The number of hydrogen-bond acceptors (Lipinski definition) is 4. The Hall–Kier alpha value is -1.69. The van der Waals surface area contributed by atoms with Gasteiger partial charge in [0.1, 0.15) is 0 Å². The van der Waals surface area contributed by atoms with Gasteiger partial charge in [0.2, 0.25) is 5.82 Å². The van der Waals surface area contributed by atoms with E-state index in [2.05, 4.69) is 0 Å². The highest BCUT2D eigenvalue weighted by Crippen LogP contribution is 2.44. The molecule has 0 spiro atoms. The first-order valence-electron chi connectivity index (χ1n) is 7.04. The van der Waals surface area contributed by atoms with Crippen molar-refractivity contribution >= 4 is 5.97 Å². The lowest BCUT2D eigenvalue weighted by Crippen LogP contribution is -2.42. The molecule has 4 nitrogen and oxygen atoms in total. The standard InChI is InChI=1S/C16H20F2O4/c1-16(2)7-10(11(8-22-16)15(19)21-4)9-5-6-12(17)13(18)14(9)20-3/h5-6,10-11H,7-8H2,1-4H3. The molecular weight excluding hydrogens is 294 g/mol.